The van der Waals surface area contributed by atoms with E-state index in [-0.39, 0.29) is 5.56 Å². The zero-order chi connectivity index (χ0) is 17.9. The number of rotatable bonds is 4. The third-order valence-corrected chi connectivity index (χ3v) is 4.53. The Hall–Kier alpha value is -3.10. The monoisotopic (exact) mass is 355 g/mol. The second-order valence-electron chi connectivity index (χ2n) is 6.29. The van der Waals surface area contributed by atoms with Crippen molar-refractivity contribution in [1.29, 1.82) is 0 Å². The van der Waals surface area contributed by atoms with Gasteiger partial charge in [-0.1, -0.05) is 0 Å². The first kappa shape index (κ1) is 16.4. The summed E-state index contributed by atoms with van der Waals surface area (Å²) in [5, 5.41) is 8.57. The summed E-state index contributed by atoms with van der Waals surface area (Å²) in [7, 11) is 0. The van der Waals surface area contributed by atoms with Crippen LogP contribution in [-0.2, 0) is 6.54 Å². The summed E-state index contributed by atoms with van der Waals surface area (Å²) in [5.74, 6) is 1.06. The van der Waals surface area contributed by atoms with Crippen molar-refractivity contribution in [2.45, 2.75) is 19.4 Å². The summed E-state index contributed by atoms with van der Waals surface area (Å²) in [6.07, 6.45) is 7.60. The second kappa shape index (κ2) is 7.03. The molecule has 0 atom stereocenters. The maximum Gasteiger partial charge on any atom is 0.266 e. The summed E-state index contributed by atoms with van der Waals surface area (Å²) >= 11 is 0. The number of anilines is 1. The van der Waals surface area contributed by atoms with Crippen molar-refractivity contribution in [3.05, 3.63) is 59.2 Å². The van der Waals surface area contributed by atoms with Gasteiger partial charge in [-0.25, -0.2) is 23.7 Å². The largest absolute Gasteiger partial charge is 0.341 e. The van der Waals surface area contributed by atoms with Crippen LogP contribution in [0.5, 0.6) is 0 Å². The van der Waals surface area contributed by atoms with Crippen LogP contribution in [0, 0.1) is 11.7 Å². The molecule has 9 heteroatoms. The van der Waals surface area contributed by atoms with Crippen molar-refractivity contribution in [2.75, 3.05) is 18.0 Å². The van der Waals surface area contributed by atoms with Gasteiger partial charge in [-0.3, -0.25) is 4.79 Å². The maximum atomic E-state index is 12.9. The minimum atomic E-state index is -0.439. The Kier molecular flexibility index (Phi) is 4.42. The number of hydrogen-bond acceptors (Lipinski definition) is 6. The minimum absolute atomic E-state index is 0.120. The molecule has 8 nitrogen and oxygen atoms in total. The average molecular weight is 355 g/mol. The lowest BCUT2D eigenvalue weighted by Crippen LogP contribution is -2.37. The number of aromatic nitrogens is 6. The maximum absolute atomic E-state index is 12.9. The highest BCUT2D eigenvalue weighted by Gasteiger charge is 2.22. The van der Waals surface area contributed by atoms with Gasteiger partial charge in [0.1, 0.15) is 0 Å². The molecule has 4 rings (SSSR count). The Morgan fingerprint density at radius 1 is 1.15 bits per heavy atom. The van der Waals surface area contributed by atoms with Gasteiger partial charge in [-0.2, -0.15) is 5.10 Å². The second-order valence-corrected chi connectivity index (χ2v) is 6.29. The molecular formula is C17H18FN7O. The van der Waals surface area contributed by atoms with E-state index in [1.54, 1.807) is 23.1 Å². The highest BCUT2D eigenvalue weighted by atomic mass is 19.1. The molecule has 3 aromatic heterocycles. The number of piperidine rings is 1. The van der Waals surface area contributed by atoms with E-state index < -0.39 is 5.82 Å². The van der Waals surface area contributed by atoms with E-state index in [0.717, 1.165) is 25.9 Å². The van der Waals surface area contributed by atoms with Crippen molar-refractivity contribution in [2.24, 2.45) is 5.92 Å². The normalized spacial score (nSPS) is 15.3. The number of nitrogens with zero attached hydrogens (tertiary/aromatic N) is 7. The van der Waals surface area contributed by atoms with E-state index in [0.29, 0.717) is 24.2 Å². The summed E-state index contributed by atoms with van der Waals surface area (Å²) in [4.78, 5) is 22.2. The van der Waals surface area contributed by atoms with Gasteiger partial charge in [0.2, 0.25) is 5.95 Å². The molecule has 1 fully saturated rings. The third kappa shape index (κ3) is 3.46. The van der Waals surface area contributed by atoms with Crippen LogP contribution in [0.3, 0.4) is 0 Å². The van der Waals surface area contributed by atoms with Crippen LogP contribution in [-0.4, -0.2) is 42.6 Å². The molecular weight excluding hydrogens is 337 g/mol. The zero-order valence-corrected chi connectivity index (χ0v) is 14.1. The highest BCUT2D eigenvalue weighted by Crippen LogP contribution is 2.21. The van der Waals surface area contributed by atoms with Gasteiger partial charge in [0, 0.05) is 38.1 Å². The molecule has 0 amide bonds. The minimum Gasteiger partial charge on any atom is -0.341 e. The van der Waals surface area contributed by atoms with E-state index in [1.165, 1.54) is 23.1 Å². The van der Waals surface area contributed by atoms with Crippen molar-refractivity contribution >= 4 is 5.95 Å². The molecule has 1 aliphatic heterocycles. The van der Waals surface area contributed by atoms with Gasteiger partial charge >= 0.3 is 0 Å². The fraction of sp³-hybridized carbons (Fsp3) is 0.353. The molecule has 0 N–H and O–H groups in total. The molecule has 0 aromatic carbocycles. The summed E-state index contributed by atoms with van der Waals surface area (Å²) in [6.45, 7) is 2.10. The van der Waals surface area contributed by atoms with E-state index in [9.17, 15) is 9.18 Å². The smallest absolute Gasteiger partial charge is 0.266 e. The molecule has 1 aliphatic rings. The lowest BCUT2D eigenvalue weighted by atomic mass is 9.97. The number of hydrogen-bond donors (Lipinski definition) is 0. The Morgan fingerprint density at radius 2 is 1.92 bits per heavy atom. The van der Waals surface area contributed by atoms with E-state index in [4.69, 9.17) is 0 Å². The Morgan fingerprint density at radius 3 is 2.62 bits per heavy atom. The van der Waals surface area contributed by atoms with E-state index in [1.807, 2.05) is 11.0 Å². The predicted molar refractivity (Wildman–Crippen MR) is 92.5 cm³/mol. The Balaban J connectivity index is 1.42. The van der Waals surface area contributed by atoms with Crippen LogP contribution < -0.4 is 10.5 Å². The highest BCUT2D eigenvalue weighted by molar-refractivity contribution is 5.29. The quantitative estimate of drug-likeness (QED) is 0.701. The van der Waals surface area contributed by atoms with Crippen LogP contribution in [0.4, 0.5) is 10.3 Å². The fourth-order valence-electron chi connectivity index (χ4n) is 3.12. The molecule has 26 heavy (non-hydrogen) atoms. The molecule has 4 heterocycles. The molecule has 134 valence electrons. The van der Waals surface area contributed by atoms with Crippen LogP contribution in [0.2, 0.25) is 0 Å². The van der Waals surface area contributed by atoms with E-state index in [2.05, 4.69) is 20.2 Å². The standard InChI is InChI=1S/C17H18FN7O/c18-14-10-19-17(20-11-14)23-8-4-13(5-9-23)12-25-16(26)3-2-15(22-25)24-7-1-6-21-24/h1-3,6-7,10-11,13H,4-5,8-9,12H2. The first-order chi connectivity index (χ1) is 12.7. The number of halogens is 1. The first-order valence-electron chi connectivity index (χ1n) is 8.50. The van der Waals surface area contributed by atoms with Crippen molar-refractivity contribution < 1.29 is 4.39 Å². The van der Waals surface area contributed by atoms with Gasteiger partial charge in [0.25, 0.3) is 5.56 Å². The third-order valence-electron chi connectivity index (χ3n) is 4.53. The topological polar surface area (TPSA) is 81.7 Å². The van der Waals surface area contributed by atoms with Gasteiger partial charge in [-0.05, 0) is 30.9 Å². The Labute approximate surface area is 148 Å². The van der Waals surface area contributed by atoms with Crippen LogP contribution in [0.1, 0.15) is 12.8 Å². The SMILES string of the molecule is O=c1ccc(-n2cccn2)nn1CC1CCN(c2ncc(F)cn2)CC1. The molecule has 0 aliphatic carbocycles. The zero-order valence-electron chi connectivity index (χ0n) is 14.1. The molecule has 0 unspecified atom stereocenters. The molecule has 0 radical (unpaired) electrons. The van der Waals surface area contributed by atoms with E-state index >= 15 is 0 Å². The summed E-state index contributed by atoms with van der Waals surface area (Å²) < 4.78 is 16.1. The van der Waals surface area contributed by atoms with Crippen LogP contribution in [0.15, 0.2) is 47.8 Å². The van der Waals surface area contributed by atoms with Crippen LogP contribution >= 0.6 is 0 Å². The molecule has 0 bridgehead atoms. The first-order valence-corrected chi connectivity index (χ1v) is 8.50. The summed E-state index contributed by atoms with van der Waals surface area (Å²) in [6, 6.07) is 5.00. The van der Waals surface area contributed by atoms with Crippen molar-refractivity contribution in [3.63, 3.8) is 0 Å². The lowest BCUT2D eigenvalue weighted by molar-refractivity contribution is 0.332. The average Bonchev–Trinajstić information content (AvgIpc) is 3.20. The van der Waals surface area contributed by atoms with Gasteiger partial charge < -0.3 is 4.90 Å². The lowest BCUT2D eigenvalue weighted by Gasteiger charge is -2.31. The molecule has 3 aromatic rings. The van der Waals surface area contributed by atoms with Gasteiger partial charge in [0.05, 0.1) is 12.4 Å². The fourth-order valence-corrected chi connectivity index (χ4v) is 3.12. The molecule has 0 spiro atoms. The Bertz CT molecular complexity index is 915. The van der Waals surface area contributed by atoms with Gasteiger partial charge in [-0.15, -0.1) is 5.10 Å². The molecule has 1 saturated heterocycles. The molecule has 0 saturated carbocycles. The van der Waals surface area contributed by atoms with Crippen molar-refractivity contribution in [3.8, 4) is 5.82 Å². The summed E-state index contributed by atoms with van der Waals surface area (Å²) in [5.41, 5.74) is -0.120. The van der Waals surface area contributed by atoms with Gasteiger partial charge in [0.15, 0.2) is 11.6 Å². The predicted octanol–water partition coefficient (Wildman–Crippen LogP) is 1.27. The van der Waals surface area contributed by atoms with Crippen molar-refractivity contribution in [1.82, 2.24) is 29.5 Å². The van der Waals surface area contributed by atoms with Crippen LogP contribution in [0.25, 0.3) is 5.82 Å².